The van der Waals surface area contributed by atoms with Crippen LogP contribution in [0.3, 0.4) is 0 Å². The summed E-state index contributed by atoms with van der Waals surface area (Å²) in [4.78, 5) is 1.02. The molecule has 0 saturated heterocycles. The quantitative estimate of drug-likeness (QED) is 0.845. The SMILES string of the molecule is CCOCC(N)c1scc(C)c1Cl. The number of rotatable bonds is 4. The number of nitrogens with two attached hydrogens (primary N) is 1. The van der Waals surface area contributed by atoms with Crippen LogP contribution >= 0.6 is 22.9 Å². The van der Waals surface area contributed by atoms with Crippen molar-refractivity contribution in [3.63, 3.8) is 0 Å². The van der Waals surface area contributed by atoms with E-state index in [-0.39, 0.29) is 6.04 Å². The second-order valence-corrected chi connectivity index (χ2v) is 4.15. The molecule has 74 valence electrons. The van der Waals surface area contributed by atoms with Crippen LogP contribution in [-0.2, 0) is 4.74 Å². The average molecular weight is 220 g/mol. The van der Waals surface area contributed by atoms with Gasteiger partial charge in [0.15, 0.2) is 0 Å². The van der Waals surface area contributed by atoms with Gasteiger partial charge in [0, 0.05) is 11.5 Å². The summed E-state index contributed by atoms with van der Waals surface area (Å²) in [5, 5.41) is 2.81. The minimum absolute atomic E-state index is 0.0915. The van der Waals surface area contributed by atoms with Crippen LogP contribution in [0.4, 0.5) is 0 Å². The third kappa shape index (κ3) is 2.68. The Morgan fingerprint density at radius 3 is 2.85 bits per heavy atom. The first-order valence-corrected chi connectivity index (χ1v) is 5.49. The zero-order chi connectivity index (χ0) is 9.84. The lowest BCUT2D eigenvalue weighted by molar-refractivity contribution is 0.134. The minimum Gasteiger partial charge on any atom is -0.380 e. The molecule has 4 heteroatoms. The summed E-state index contributed by atoms with van der Waals surface area (Å²) in [6.45, 7) is 5.16. The third-order valence-electron chi connectivity index (χ3n) is 1.76. The van der Waals surface area contributed by atoms with Crippen LogP contribution in [-0.4, -0.2) is 13.2 Å². The van der Waals surface area contributed by atoms with E-state index in [4.69, 9.17) is 22.1 Å². The van der Waals surface area contributed by atoms with E-state index >= 15 is 0 Å². The molecular weight excluding hydrogens is 206 g/mol. The highest BCUT2D eigenvalue weighted by Gasteiger charge is 2.13. The van der Waals surface area contributed by atoms with Gasteiger partial charge in [-0.1, -0.05) is 11.6 Å². The number of ether oxygens (including phenoxy) is 1. The minimum atomic E-state index is -0.0915. The molecular formula is C9H14ClNOS. The maximum absolute atomic E-state index is 6.06. The van der Waals surface area contributed by atoms with Crippen molar-refractivity contribution >= 4 is 22.9 Å². The zero-order valence-electron chi connectivity index (χ0n) is 7.84. The molecule has 0 bridgehead atoms. The van der Waals surface area contributed by atoms with Crippen molar-refractivity contribution in [3.8, 4) is 0 Å². The molecule has 2 nitrogen and oxygen atoms in total. The van der Waals surface area contributed by atoms with Gasteiger partial charge in [0.25, 0.3) is 0 Å². The normalized spacial score (nSPS) is 13.2. The highest BCUT2D eigenvalue weighted by molar-refractivity contribution is 7.10. The van der Waals surface area contributed by atoms with E-state index in [1.54, 1.807) is 11.3 Å². The number of halogens is 1. The standard InChI is InChI=1S/C9H14ClNOS/c1-3-12-4-7(11)9-8(10)6(2)5-13-9/h5,7H,3-4,11H2,1-2H3. The van der Waals surface area contributed by atoms with E-state index in [1.807, 2.05) is 19.2 Å². The lowest BCUT2D eigenvalue weighted by Crippen LogP contribution is -2.16. The van der Waals surface area contributed by atoms with Crippen molar-refractivity contribution in [2.24, 2.45) is 5.73 Å². The first-order valence-electron chi connectivity index (χ1n) is 4.23. The molecule has 1 heterocycles. The monoisotopic (exact) mass is 219 g/mol. The van der Waals surface area contributed by atoms with E-state index in [0.717, 1.165) is 15.5 Å². The Bertz CT molecular complexity index is 275. The summed E-state index contributed by atoms with van der Waals surface area (Å²) in [5.41, 5.74) is 6.99. The second-order valence-electron chi connectivity index (χ2n) is 2.86. The average Bonchev–Trinajstić information content (AvgIpc) is 2.44. The van der Waals surface area contributed by atoms with Gasteiger partial charge >= 0.3 is 0 Å². The summed E-state index contributed by atoms with van der Waals surface area (Å²) >= 11 is 7.66. The van der Waals surface area contributed by atoms with Crippen molar-refractivity contribution in [2.75, 3.05) is 13.2 Å². The van der Waals surface area contributed by atoms with Crippen LogP contribution < -0.4 is 5.73 Å². The largest absolute Gasteiger partial charge is 0.380 e. The van der Waals surface area contributed by atoms with Crippen molar-refractivity contribution in [3.05, 3.63) is 20.8 Å². The molecule has 0 aliphatic rings. The third-order valence-corrected chi connectivity index (χ3v) is 3.61. The highest BCUT2D eigenvalue weighted by Crippen LogP contribution is 2.31. The fourth-order valence-electron chi connectivity index (χ4n) is 1.02. The topological polar surface area (TPSA) is 35.2 Å². The summed E-state index contributed by atoms with van der Waals surface area (Å²) in [6, 6.07) is -0.0915. The maximum atomic E-state index is 6.06. The van der Waals surface area contributed by atoms with Crippen LogP contribution in [0.15, 0.2) is 5.38 Å². The number of hydrogen-bond donors (Lipinski definition) is 1. The van der Waals surface area contributed by atoms with Crippen LogP contribution in [0.2, 0.25) is 5.02 Å². The van der Waals surface area contributed by atoms with Crippen LogP contribution in [0.1, 0.15) is 23.4 Å². The number of hydrogen-bond acceptors (Lipinski definition) is 3. The molecule has 0 aliphatic heterocycles. The van der Waals surface area contributed by atoms with Crippen molar-refractivity contribution in [1.82, 2.24) is 0 Å². The Labute approximate surface area is 87.7 Å². The van der Waals surface area contributed by atoms with Gasteiger partial charge in [-0.15, -0.1) is 11.3 Å². The van der Waals surface area contributed by atoms with Gasteiger partial charge in [-0.05, 0) is 24.8 Å². The fraction of sp³-hybridized carbons (Fsp3) is 0.556. The van der Waals surface area contributed by atoms with Gasteiger partial charge in [-0.2, -0.15) is 0 Å². The van der Waals surface area contributed by atoms with E-state index in [9.17, 15) is 0 Å². The molecule has 1 aromatic rings. The number of thiophene rings is 1. The van der Waals surface area contributed by atoms with Gasteiger partial charge < -0.3 is 10.5 Å². The molecule has 0 spiro atoms. The van der Waals surface area contributed by atoms with Gasteiger partial charge in [-0.3, -0.25) is 0 Å². The Morgan fingerprint density at radius 2 is 2.38 bits per heavy atom. The first-order chi connectivity index (χ1) is 6.16. The van der Waals surface area contributed by atoms with Crippen LogP contribution in [0.25, 0.3) is 0 Å². The zero-order valence-corrected chi connectivity index (χ0v) is 9.41. The summed E-state index contributed by atoms with van der Waals surface area (Å²) < 4.78 is 5.24. The van der Waals surface area contributed by atoms with Crippen molar-refractivity contribution in [1.29, 1.82) is 0 Å². The van der Waals surface area contributed by atoms with Crippen molar-refractivity contribution in [2.45, 2.75) is 19.9 Å². The Kier molecular flexibility index (Phi) is 4.19. The van der Waals surface area contributed by atoms with E-state index in [1.165, 1.54) is 0 Å². The van der Waals surface area contributed by atoms with E-state index in [0.29, 0.717) is 13.2 Å². The van der Waals surface area contributed by atoms with E-state index in [2.05, 4.69) is 0 Å². The first kappa shape index (κ1) is 11.0. The molecule has 0 aliphatic carbocycles. The van der Waals surface area contributed by atoms with Gasteiger partial charge in [-0.25, -0.2) is 0 Å². The van der Waals surface area contributed by atoms with E-state index < -0.39 is 0 Å². The van der Waals surface area contributed by atoms with Crippen molar-refractivity contribution < 1.29 is 4.74 Å². The molecule has 0 saturated carbocycles. The van der Waals surface area contributed by atoms with Gasteiger partial charge in [0.2, 0.25) is 0 Å². The Balaban J connectivity index is 2.65. The Morgan fingerprint density at radius 1 is 1.69 bits per heavy atom. The smallest absolute Gasteiger partial charge is 0.0667 e. The summed E-state index contributed by atoms with van der Waals surface area (Å²) in [5.74, 6) is 0. The fourth-order valence-corrected chi connectivity index (χ4v) is 2.34. The molecule has 0 amide bonds. The molecule has 0 radical (unpaired) electrons. The molecule has 2 N–H and O–H groups in total. The van der Waals surface area contributed by atoms with Gasteiger partial charge in [0.1, 0.15) is 0 Å². The van der Waals surface area contributed by atoms with Crippen LogP contribution in [0.5, 0.6) is 0 Å². The van der Waals surface area contributed by atoms with Gasteiger partial charge in [0.05, 0.1) is 17.7 Å². The predicted molar refractivity (Wildman–Crippen MR) is 57.5 cm³/mol. The lowest BCUT2D eigenvalue weighted by Gasteiger charge is -2.09. The number of aryl methyl sites for hydroxylation is 1. The molecule has 0 fully saturated rings. The summed E-state index contributed by atoms with van der Waals surface area (Å²) in [6.07, 6.45) is 0. The molecule has 1 rings (SSSR count). The Hall–Kier alpha value is -0.0900. The maximum Gasteiger partial charge on any atom is 0.0667 e. The van der Waals surface area contributed by atoms with Crippen LogP contribution in [0, 0.1) is 6.92 Å². The predicted octanol–water partition coefficient (Wildman–Crippen LogP) is 2.75. The molecule has 1 atom stereocenters. The second kappa shape index (κ2) is 4.96. The highest BCUT2D eigenvalue weighted by atomic mass is 35.5. The lowest BCUT2D eigenvalue weighted by atomic mass is 10.2. The molecule has 1 aromatic heterocycles. The summed E-state index contributed by atoms with van der Waals surface area (Å²) in [7, 11) is 0. The molecule has 13 heavy (non-hydrogen) atoms. The molecule has 1 unspecified atom stereocenters. The molecule has 0 aromatic carbocycles.